The molecule has 198 valence electrons. The Hall–Kier alpha value is 0.799. The molecular formula is C24H19K3N4O8S2. The number of nitrogens with zero attached hydrogens (tertiary/aromatic N) is 4. The summed E-state index contributed by atoms with van der Waals surface area (Å²) in [7, 11) is -9.26. The average molecular weight is 673 g/mol. The fraction of sp³-hybridized carbons (Fsp3) is 0.125. The van der Waals surface area contributed by atoms with Gasteiger partial charge in [-0.25, -0.2) is 21.5 Å². The monoisotopic (exact) mass is 672 g/mol. The van der Waals surface area contributed by atoms with E-state index in [0.717, 1.165) is 34.0 Å². The second-order valence-electron chi connectivity index (χ2n) is 8.31. The summed E-state index contributed by atoms with van der Waals surface area (Å²) in [6, 6.07) is 9.55. The van der Waals surface area contributed by atoms with Crippen LogP contribution in [-0.2, 0) is 25.0 Å². The summed E-state index contributed by atoms with van der Waals surface area (Å²) in [5.41, 5.74) is 2.30. The standard InChI is InChI=1S/C24H22N4O8S2.3K/c1-14(22-16(3)26-28(24(22)30)18-7-11-20(12-8-18)38(34,35)36)4-13-21-15(2)25-27(23(21)29)17-5-9-19(10-6-17)37(31,32)33;;;/h4-13,30H,1-3H3,(H,31,32,33)(H,34,35,36);;;/q;3*+1/p-3/b14-4+,21-13?;;;. The predicted molar refractivity (Wildman–Crippen MR) is 132 cm³/mol. The van der Waals surface area contributed by atoms with Gasteiger partial charge >= 0.3 is 154 Å². The summed E-state index contributed by atoms with van der Waals surface area (Å²) in [4.78, 5) is 12.1. The third-order valence-corrected chi connectivity index (χ3v) is 7.41. The minimum Gasteiger partial charge on any atom is -0.858 e. The van der Waals surface area contributed by atoms with Crippen LogP contribution in [0.3, 0.4) is 0 Å². The second kappa shape index (κ2) is 15.9. The van der Waals surface area contributed by atoms with Crippen LogP contribution in [0.1, 0.15) is 25.1 Å². The quantitative estimate of drug-likeness (QED) is 0.139. The summed E-state index contributed by atoms with van der Waals surface area (Å²) in [6.07, 6.45) is 3.06. The number of aryl methyl sites for hydroxylation is 1. The first-order valence-electron chi connectivity index (χ1n) is 10.9. The molecule has 41 heavy (non-hydrogen) atoms. The number of hydrogen-bond acceptors (Lipinski definition) is 10. The number of aromatic nitrogens is 2. The maximum absolute atomic E-state index is 13.1. The SMILES string of the molecule is CC1=NN(c2ccc(S(=O)(=O)[O-])cc2)C(=O)C1=C/C=C(\C)c1c(C)nn(-c2ccc(S(=O)(=O)[O-])cc2)c1[O-].[K+].[K+].[K+]. The summed E-state index contributed by atoms with van der Waals surface area (Å²) < 4.78 is 68.0. The van der Waals surface area contributed by atoms with E-state index in [4.69, 9.17) is 0 Å². The van der Waals surface area contributed by atoms with E-state index in [9.17, 15) is 35.8 Å². The third-order valence-electron chi connectivity index (χ3n) is 5.71. The molecule has 0 fully saturated rings. The predicted octanol–water partition coefficient (Wildman–Crippen LogP) is -7.17. The minimum atomic E-state index is -4.63. The molecule has 0 N–H and O–H groups in total. The van der Waals surface area contributed by atoms with Crippen molar-refractivity contribution in [3.63, 3.8) is 0 Å². The molecule has 2 heterocycles. The first-order valence-corrected chi connectivity index (χ1v) is 13.7. The molecule has 4 rings (SSSR count). The van der Waals surface area contributed by atoms with E-state index in [1.54, 1.807) is 26.8 Å². The molecule has 0 aliphatic carbocycles. The molecule has 0 saturated carbocycles. The molecule has 2 aromatic carbocycles. The molecule has 1 aliphatic heterocycles. The Morgan fingerprint density at radius 3 is 1.76 bits per heavy atom. The van der Waals surface area contributed by atoms with Gasteiger partial charge in [0.2, 0.25) is 0 Å². The molecule has 0 atom stereocenters. The molecular weight excluding hydrogens is 654 g/mol. The number of amides is 1. The van der Waals surface area contributed by atoms with Crippen molar-refractivity contribution in [2.45, 2.75) is 30.6 Å². The fourth-order valence-corrected chi connectivity index (χ4v) is 4.76. The molecule has 0 saturated heterocycles. The number of rotatable bonds is 6. The van der Waals surface area contributed by atoms with Gasteiger partial charge in [-0.3, -0.25) is 4.79 Å². The smallest absolute Gasteiger partial charge is 0.858 e. The van der Waals surface area contributed by atoms with Crippen molar-refractivity contribution >= 4 is 43.1 Å². The zero-order valence-corrected chi connectivity index (χ0v) is 34.1. The van der Waals surface area contributed by atoms with Gasteiger partial charge in [0, 0.05) is 5.56 Å². The molecule has 12 nitrogen and oxygen atoms in total. The van der Waals surface area contributed by atoms with Crippen molar-refractivity contribution in [2.24, 2.45) is 5.10 Å². The fourth-order valence-electron chi connectivity index (χ4n) is 3.82. The van der Waals surface area contributed by atoms with Gasteiger partial charge in [0.05, 0.1) is 38.1 Å². The van der Waals surface area contributed by atoms with Crippen molar-refractivity contribution in [1.29, 1.82) is 0 Å². The Bertz CT molecular complexity index is 1770. The minimum absolute atomic E-state index is 0. The van der Waals surface area contributed by atoms with Gasteiger partial charge in [-0.15, -0.1) is 0 Å². The molecule has 3 aromatic rings. The topological polar surface area (TPSA) is 188 Å². The van der Waals surface area contributed by atoms with Gasteiger partial charge in [0.1, 0.15) is 20.2 Å². The number of carbonyl (C=O) groups excluding carboxylic acids is 1. The maximum Gasteiger partial charge on any atom is 1.00 e. The van der Waals surface area contributed by atoms with E-state index in [1.807, 2.05) is 0 Å². The summed E-state index contributed by atoms with van der Waals surface area (Å²) in [6.45, 7) is 4.89. The zero-order valence-electron chi connectivity index (χ0n) is 23.1. The zero-order chi connectivity index (χ0) is 28.0. The van der Waals surface area contributed by atoms with Crippen LogP contribution in [0.15, 0.2) is 81.1 Å². The molecule has 0 spiro atoms. The van der Waals surface area contributed by atoms with Gasteiger partial charge in [-0.1, -0.05) is 6.08 Å². The van der Waals surface area contributed by atoms with Crippen LogP contribution >= 0.6 is 0 Å². The summed E-state index contributed by atoms with van der Waals surface area (Å²) in [5, 5.41) is 22.6. The summed E-state index contributed by atoms with van der Waals surface area (Å²) in [5.74, 6) is -0.974. The van der Waals surface area contributed by atoms with E-state index in [2.05, 4.69) is 10.2 Å². The van der Waals surface area contributed by atoms with Crippen LogP contribution in [0.2, 0.25) is 0 Å². The van der Waals surface area contributed by atoms with Crippen molar-refractivity contribution in [2.75, 3.05) is 5.01 Å². The van der Waals surface area contributed by atoms with Crippen molar-refractivity contribution in [3.05, 3.63) is 77.5 Å². The Kier molecular flexibility index (Phi) is 15.4. The van der Waals surface area contributed by atoms with Crippen molar-refractivity contribution in [3.8, 4) is 11.6 Å². The Morgan fingerprint density at radius 1 is 0.829 bits per heavy atom. The van der Waals surface area contributed by atoms with Crippen molar-refractivity contribution < 1.29 is 190 Å². The molecule has 0 unspecified atom stereocenters. The van der Waals surface area contributed by atoms with Crippen molar-refractivity contribution in [1.82, 2.24) is 9.78 Å². The number of anilines is 1. The van der Waals surface area contributed by atoms with Crippen LogP contribution in [0.25, 0.3) is 11.3 Å². The van der Waals surface area contributed by atoms with E-state index < -0.39 is 41.8 Å². The first kappa shape index (κ1) is 39.8. The van der Waals surface area contributed by atoms with Gasteiger partial charge < -0.3 is 14.2 Å². The van der Waals surface area contributed by atoms with Gasteiger partial charge in [0.15, 0.2) is 0 Å². The van der Waals surface area contributed by atoms with Crippen LogP contribution in [0.5, 0.6) is 5.88 Å². The largest absolute Gasteiger partial charge is 1.00 e. The molecule has 1 amide bonds. The van der Waals surface area contributed by atoms with Crippen LogP contribution < -0.4 is 164 Å². The van der Waals surface area contributed by atoms with E-state index in [1.165, 1.54) is 30.3 Å². The molecule has 1 aromatic heterocycles. The van der Waals surface area contributed by atoms with Gasteiger partial charge in [-0.2, -0.15) is 15.2 Å². The van der Waals surface area contributed by atoms with Crippen LogP contribution in [0, 0.1) is 6.92 Å². The van der Waals surface area contributed by atoms with E-state index >= 15 is 0 Å². The number of benzene rings is 2. The average Bonchev–Trinajstić information content (AvgIpc) is 3.30. The van der Waals surface area contributed by atoms with E-state index in [-0.39, 0.29) is 177 Å². The Morgan fingerprint density at radius 2 is 1.29 bits per heavy atom. The Labute approximate surface area is 365 Å². The molecule has 1 aliphatic rings. The maximum atomic E-state index is 13.1. The number of hydrogen-bond donors (Lipinski definition) is 0. The number of allylic oxidation sites excluding steroid dienone is 3. The van der Waals surface area contributed by atoms with Crippen LogP contribution in [0.4, 0.5) is 5.69 Å². The molecule has 17 heteroatoms. The molecule has 0 bridgehead atoms. The normalized spacial score (nSPS) is 14.7. The number of carbonyl (C=O) groups is 1. The van der Waals surface area contributed by atoms with Gasteiger partial charge in [-0.05, 0) is 86.8 Å². The van der Waals surface area contributed by atoms with E-state index in [0.29, 0.717) is 17.0 Å². The number of hydrazone groups is 1. The molecule has 0 radical (unpaired) electrons. The van der Waals surface area contributed by atoms with Gasteiger partial charge in [0.25, 0.3) is 5.91 Å². The third kappa shape index (κ3) is 9.18. The van der Waals surface area contributed by atoms with Crippen LogP contribution in [-0.4, -0.2) is 47.3 Å². The Balaban J connectivity index is 0.00000280. The first-order chi connectivity index (χ1) is 17.7. The second-order valence-corrected chi connectivity index (χ2v) is 11.1. The summed E-state index contributed by atoms with van der Waals surface area (Å²) >= 11 is 0.